The van der Waals surface area contributed by atoms with Gasteiger partial charge in [-0.1, -0.05) is 55.8 Å². The van der Waals surface area contributed by atoms with Gasteiger partial charge in [0.15, 0.2) is 0 Å². The van der Waals surface area contributed by atoms with Crippen molar-refractivity contribution in [1.29, 1.82) is 0 Å². The minimum atomic E-state index is -0.301. The number of hydrogen-bond acceptors (Lipinski definition) is 1. The first kappa shape index (κ1) is 10.0. The molecule has 0 aliphatic carbocycles. The standard InChI is InChI=1S/C12H16O/c1-2-6-12(13)10-9-11-7-4-3-5-8-11/h3-5,7-10,12-13H,2,6H2,1H3/b10-9-/t12-/m0/s1. The van der Waals surface area contributed by atoms with Crippen LogP contribution < -0.4 is 0 Å². The van der Waals surface area contributed by atoms with E-state index in [0.29, 0.717) is 0 Å². The zero-order chi connectivity index (χ0) is 9.52. The van der Waals surface area contributed by atoms with E-state index in [2.05, 4.69) is 6.92 Å². The molecule has 1 aromatic rings. The Balaban J connectivity index is 2.49. The van der Waals surface area contributed by atoms with Gasteiger partial charge in [0, 0.05) is 0 Å². The summed E-state index contributed by atoms with van der Waals surface area (Å²) in [5.41, 5.74) is 1.14. The topological polar surface area (TPSA) is 20.2 Å². The Morgan fingerprint density at radius 1 is 1.31 bits per heavy atom. The molecule has 0 heterocycles. The van der Waals surface area contributed by atoms with Gasteiger partial charge in [0.05, 0.1) is 6.10 Å². The Labute approximate surface area is 79.7 Å². The van der Waals surface area contributed by atoms with Gasteiger partial charge in [0.25, 0.3) is 0 Å². The van der Waals surface area contributed by atoms with E-state index >= 15 is 0 Å². The van der Waals surface area contributed by atoms with Crippen LogP contribution >= 0.6 is 0 Å². The van der Waals surface area contributed by atoms with Crippen LogP contribution in [0.4, 0.5) is 0 Å². The van der Waals surface area contributed by atoms with Crippen molar-refractivity contribution in [3.8, 4) is 0 Å². The predicted molar refractivity (Wildman–Crippen MR) is 56.4 cm³/mol. The SMILES string of the molecule is CCC[C@H](O)/C=C\c1ccccc1. The second kappa shape index (κ2) is 5.55. The zero-order valence-corrected chi connectivity index (χ0v) is 7.98. The first-order chi connectivity index (χ1) is 6.33. The average molecular weight is 176 g/mol. The summed E-state index contributed by atoms with van der Waals surface area (Å²) in [4.78, 5) is 0. The van der Waals surface area contributed by atoms with Gasteiger partial charge in [0.2, 0.25) is 0 Å². The molecule has 1 aromatic carbocycles. The molecule has 0 aromatic heterocycles. The van der Waals surface area contributed by atoms with Crippen molar-refractivity contribution in [3.05, 3.63) is 42.0 Å². The highest BCUT2D eigenvalue weighted by Gasteiger charge is 1.94. The van der Waals surface area contributed by atoms with Gasteiger partial charge in [-0.2, -0.15) is 0 Å². The van der Waals surface area contributed by atoms with Crippen molar-refractivity contribution in [2.45, 2.75) is 25.9 Å². The fraction of sp³-hybridized carbons (Fsp3) is 0.333. The lowest BCUT2D eigenvalue weighted by molar-refractivity contribution is 0.212. The summed E-state index contributed by atoms with van der Waals surface area (Å²) >= 11 is 0. The van der Waals surface area contributed by atoms with Crippen LogP contribution in [-0.2, 0) is 0 Å². The Kier molecular flexibility index (Phi) is 4.27. The molecule has 13 heavy (non-hydrogen) atoms. The van der Waals surface area contributed by atoms with Crippen LogP contribution in [0, 0.1) is 0 Å². The molecule has 0 amide bonds. The second-order valence-corrected chi connectivity index (χ2v) is 3.13. The van der Waals surface area contributed by atoms with E-state index in [1.165, 1.54) is 0 Å². The van der Waals surface area contributed by atoms with E-state index < -0.39 is 0 Å². The van der Waals surface area contributed by atoms with E-state index in [-0.39, 0.29) is 6.10 Å². The minimum absolute atomic E-state index is 0.301. The summed E-state index contributed by atoms with van der Waals surface area (Å²) in [5, 5.41) is 9.42. The summed E-state index contributed by atoms with van der Waals surface area (Å²) < 4.78 is 0. The number of hydrogen-bond donors (Lipinski definition) is 1. The van der Waals surface area contributed by atoms with Gasteiger partial charge < -0.3 is 5.11 Å². The first-order valence-corrected chi connectivity index (χ1v) is 4.74. The second-order valence-electron chi connectivity index (χ2n) is 3.13. The largest absolute Gasteiger partial charge is 0.389 e. The summed E-state index contributed by atoms with van der Waals surface area (Å²) in [6.45, 7) is 2.07. The van der Waals surface area contributed by atoms with Gasteiger partial charge in [-0.25, -0.2) is 0 Å². The van der Waals surface area contributed by atoms with Crippen molar-refractivity contribution >= 4 is 6.08 Å². The fourth-order valence-corrected chi connectivity index (χ4v) is 1.18. The quantitative estimate of drug-likeness (QED) is 0.748. The molecular formula is C12H16O. The number of rotatable bonds is 4. The molecule has 0 bridgehead atoms. The third-order valence-corrected chi connectivity index (χ3v) is 1.89. The first-order valence-electron chi connectivity index (χ1n) is 4.74. The normalized spacial score (nSPS) is 13.4. The molecular weight excluding hydrogens is 160 g/mol. The van der Waals surface area contributed by atoms with Crippen molar-refractivity contribution in [2.24, 2.45) is 0 Å². The summed E-state index contributed by atoms with van der Waals surface area (Å²) in [6.07, 6.45) is 5.35. The van der Waals surface area contributed by atoms with Crippen molar-refractivity contribution in [2.75, 3.05) is 0 Å². The lowest BCUT2D eigenvalue weighted by Crippen LogP contribution is -1.99. The van der Waals surface area contributed by atoms with Crippen LogP contribution in [0.3, 0.4) is 0 Å². The Morgan fingerprint density at radius 2 is 2.00 bits per heavy atom. The minimum Gasteiger partial charge on any atom is -0.389 e. The highest BCUT2D eigenvalue weighted by molar-refractivity contribution is 5.49. The fourth-order valence-electron chi connectivity index (χ4n) is 1.18. The molecule has 0 saturated heterocycles. The highest BCUT2D eigenvalue weighted by Crippen LogP contribution is 2.04. The molecule has 0 spiro atoms. The third kappa shape index (κ3) is 3.90. The monoisotopic (exact) mass is 176 g/mol. The van der Waals surface area contributed by atoms with Gasteiger partial charge in [-0.05, 0) is 12.0 Å². The third-order valence-electron chi connectivity index (χ3n) is 1.89. The molecule has 70 valence electrons. The Morgan fingerprint density at radius 3 is 2.62 bits per heavy atom. The number of aliphatic hydroxyl groups excluding tert-OH is 1. The molecule has 0 aliphatic heterocycles. The van der Waals surface area contributed by atoms with Crippen LogP contribution in [0.5, 0.6) is 0 Å². The predicted octanol–water partition coefficient (Wildman–Crippen LogP) is 2.86. The van der Waals surface area contributed by atoms with Crippen molar-refractivity contribution in [1.82, 2.24) is 0 Å². The van der Waals surface area contributed by atoms with Crippen LogP contribution in [-0.4, -0.2) is 11.2 Å². The van der Waals surface area contributed by atoms with Crippen LogP contribution in [0.15, 0.2) is 36.4 Å². The lowest BCUT2D eigenvalue weighted by atomic mass is 10.1. The molecule has 0 radical (unpaired) electrons. The van der Waals surface area contributed by atoms with E-state index in [0.717, 1.165) is 18.4 Å². The van der Waals surface area contributed by atoms with Gasteiger partial charge >= 0.3 is 0 Å². The molecule has 1 nitrogen and oxygen atoms in total. The Hall–Kier alpha value is -1.08. The maximum absolute atomic E-state index is 9.42. The van der Waals surface area contributed by atoms with E-state index in [1.807, 2.05) is 42.5 Å². The van der Waals surface area contributed by atoms with Gasteiger partial charge in [-0.3, -0.25) is 0 Å². The zero-order valence-electron chi connectivity index (χ0n) is 7.98. The van der Waals surface area contributed by atoms with E-state index in [1.54, 1.807) is 0 Å². The molecule has 0 aliphatic rings. The van der Waals surface area contributed by atoms with Crippen LogP contribution in [0.1, 0.15) is 25.3 Å². The summed E-state index contributed by atoms with van der Waals surface area (Å²) in [7, 11) is 0. The molecule has 0 saturated carbocycles. The maximum Gasteiger partial charge on any atom is 0.0724 e. The molecule has 0 unspecified atom stereocenters. The average Bonchev–Trinajstić information content (AvgIpc) is 2.17. The van der Waals surface area contributed by atoms with Crippen molar-refractivity contribution in [3.63, 3.8) is 0 Å². The molecule has 1 atom stereocenters. The maximum atomic E-state index is 9.42. The van der Waals surface area contributed by atoms with Gasteiger partial charge in [0.1, 0.15) is 0 Å². The van der Waals surface area contributed by atoms with Crippen molar-refractivity contribution < 1.29 is 5.11 Å². The number of aliphatic hydroxyl groups is 1. The number of benzene rings is 1. The van der Waals surface area contributed by atoms with Gasteiger partial charge in [-0.15, -0.1) is 0 Å². The van der Waals surface area contributed by atoms with Crippen LogP contribution in [0.2, 0.25) is 0 Å². The lowest BCUT2D eigenvalue weighted by Gasteiger charge is -2.01. The van der Waals surface area contributed by atoms with Crippen LogP contribution in [0.25, 0.3) is 6.08 Å². The van der Waals surface area contributed by atoms with E-state index in [9.17, 15) is 5.11 Å². The van der Waals surface area contributed by atoms with E-state index in [4.69, 9.17) is 0 Å². The smallest absolute Gasteiger partial charge is 0.0724 e. The summed E-state index contributed by atoms with van der Waals surface area (Å²) in [6, 6.07) is 10.0. The molecule has 1 heteroatoms. The summed E-state index contributed by atoms with van der Waals surface area (Å²) in [5.74, 6) is 0. The Bertz CT molecular complexity index is 251. The highest BCUT2D eigenvalue weighted by atomic mass is 16.3. The molecule has 0 fully saturated rings. The molecule has 1 N–H and O–H groups in total. The molecule has 1 rings (SSSR count).